The smallest absolute Gasteiger partial charge is 0.247 e. The highest BCUT2D eigenvalue weighted by Crippen LogP contribution is 2.50. The van der Waals surface area contributed by atoms with Gasteiger partial charge in [-0.1, -0.05) is 37.1 Å². The van der Waals surface area contributed by atoms with Gasteiger partial charge < -0.3 is 24.2 Å². The Balaban J connectivity index is 1.66. The Morgan fingerprint density at radius 2 is 1.88 bits per heavy atom. The summed E-state index contributed by atoms with van der Waals surface area (Å²) in [5.74, 6) is 1.96. The Morgan fingerprint density at radius 1 is 1.09 bits per heavy atom. The minimum Gasteiger partial charge on any atom is -0.494 e. The number of hydrogen-bond acceptors (Lipinski definition) is 5. The molecule has 1 heterocycles. The molecule has 1 saturated heterocycles. The number of piperidine rings is 1. The molecule has 3 atom stereocenters. The maximum atomic E-state index is 13.5. The first-order chi connectivity index (χ1) is 16.5. The second kappa shape index (κ2) is 10.5. The number of methoxy groups -OCH3 is 2. The van der Waals surface area contributed by atoms with Crippen molar-refractivity contribution in [1.29, 1.82) is 0 Å². The zero-order valence-electron chi connectivity index (χ0n) is 20.3. The van der Waals surface area contributed by atoms with Gasteiger partial charge in [-0.15, -0.1) is 0 Å². The predicted molar refractivity (Wildman–Crippen MR) is 132 cm³/mol. The van der Waals surface area contributed by atoms with Gasteiger partial charge in [-0.25, -0.2) is 0 Å². The van der Waals surface area contributed by atoms with Crippen molar-refractivity contribution < 1.29 is 24.1 Å². The number of likely N-dealkylation sites (tertiary alicyclic amines) is 1. The molecule has 1 amide bonds. The van der Waals surface area contributed by atoms with Crippen LogP contribution in [0.5, 0.6) is 17.2 Å². The molecule has 182 valence electrons. The third-order valence-electron chi connectivity index (χ3n) is 7.21. The summed E-state index contributed by atoms with van der Waals surface area (Å²) in [6, 6.07) is 13.3. The molecule has 2 aliphatic rings. The van der Waals surface area contributed by atoms with Crippen molar-refractivity contribution in [2.45, 2.75) is 50.7 Å². The zero-order valence-corrected chi connectivity index (χ0v) is 20.3. The molecule has 6 heteroatoms. The lowest BCUT2D eigenvalue weighted by atomic mass is 9.66. The van der Waals surface area contributed by atoms with Crippen LogP contribution in [0.4, 0.5) is 0 Å². The van der Waals surface area contributed by atoms with Gasteiger partial charge in [0.2, 0.25) is 5.91 Å². The summed E-state index contributed by atoms with van der Waals surface area (Å²) in [5.41, 5.74) is 1.08. The fraction of sp³-hybridized carbons (Fsp3) is 0.464. The van der Waals surface area contributed by atoms with Crippen molar-refractivity contribution in [2.75, 3.05) is 27.4 Å². The van der Waals surface area contributed by atoms with Crippen LogP contribution in [0.2, 0.25) is 0 Å². The number of fused-ring (bicyclic) bond motifs is 1. The van der Waals surface area contributed by atoms with Gasteiger partial charge in [0.1, 0.15) is 5.75 Å². The molecule has 0 radical (unpaired) electrons. The van der Waals surface area contributed by atoms with E-state index in [2.05, 4.69) is 0 Å². The minimum absolute atomic E-state index is 0.0185. The molecular weight excluding hydrogens is 430 g/mol. The van der Waals surface area contributed by atoms with Crippen molar-refractivity contribution in [2.24, 2.45) is 5.92 Å². The lowest BCUT2D eigenvalue weighted by Gasteiger charge is -2.52. The highest BCUT2D eigenvalue weighted by Gasteiger charge is 2.50. The van der Waals surface area contributed by atoms with Crippen LogP contribution in [0.25, 0.3) is 6.08 Å². The molecule has 6 nitrogen and oxygen atoms in total. The average molecular weight is 466 g/mol. The number of benzene rings is 2. The van der Waals surface area contributed by atoms with Gasteiger partial charge >= 0.3 is 0 Å². The Hall–Kier alpha value is -2.99. The average Bonchev–Trinajstić information content (AvgIpc) is 2.86. The number of amides is 1. The maximum Gasteiger partial charge on any atom is 0.247 e. The van der Waals surface area contributed by atoms with Gasteiger partial charge in [-0.05, 0) is 56.0 Å². The Kier molecular flexibility index (Phi) is 7.47. The van der Waals surface area contributed by atoms with Crippen LogP contribution in [0, 0.1) is 5.92 Å². The van der Waals surface area contributed by atoms with E-state index in [0.717, 1.165) is 42.6 Å². The molecule has 0 bridgehead atoms. The fourth-order valence-corrected chi connectivity index (χ4v) is 5.55. The van der Waals surface area contributed by atoms with Gasteiger partial charge in [0, 0.05) is 24.1 Å². The first-order valence-electron chi connectivity index (χ1n) is 12.2. The highest BCUT2D eigenvalue weighted by molar-refractivity contribution is 5.92. The molecule has 34 heavy (non-hydrogen) atoms. The number of ether oxygens (including phenoxy) is 3. The topological polar surface area (TPSA) is 68.2 Å². The summed E-state index contributed by atoms with van der Waals surface area (Å²) < 4.78 is 16.6. The second-order valence-corrected chi connectivity index (χ2v) is 9.10. The Bertz CT molecular complexity index is 1040. The highest BCUT2D eigenvalue weighted by atomic mass is 16.5. The second-order valence-electron chi connectivity index (χ2n) is 9.10. The number of aliphatic hydroxyl groups is 1. The number of nitrogens with zero attached hydrogens (tertiary/aromatic N) is 1. The monoisotopic (exact) mass is 465 g/mol. The molecular formula is C28H35NO5. The first-order valence-corrected chi connectivity index (χ1v) is 12.2. The lowest BCUT2D eigenvalue weighted by molar-refractivity contribution is -0.151. The number of hydrogen-bond donors (Lipinski definition) is 1. The molecule has 2 aromatic rings. The number of carbonyl (C=O) groups excluding carboxylic acids is 1. The van der Waals surface area contributed by atoms with E-state index in [4.69, 9.17) is 14.2 Å². The van der Waals surface area contributed by atoms with Crippen LogP contribution in [-0.2, 0) is 4.79 Å². The van der Waals surface area contributed by atoms with Crippen LogP contribution in [0.15, 0.2) is 48.5 Å². The Labute approximate surface area is 202 Å². The molecule has 1 saturated carbocycles. The largest absolute Gasteiger partial charge is 0.494 e. The number of rotatable bonds is 7. The minimum atomic E-state index is -0.744. The van der Waals surface area contributed by atoms with Gasteiger partial charge in [0.15, 0.2) is 11.5 Å². The molecule has 1 N–H and O–H groups in total. The third kappa shape index (κ3) is 4.78. The van der Waals surface area contributed by atoms with Crippen molar-refractivity contribution in [3.8, 4) is 17.2 Å². The van der Waals surface area contributed by atoms with Gasteiger partial charge in [0.25, 0.3) is 0 Å². The van der Waals surface area contributed by atoms with Crippen molar-refractivity contribution in [3.63, 3.8) is 0 Å². The van der Waals surface area contributed by atoms with E-state index in [-0.39, 0.29) is 17.9 Å². The summed E-state index contributed by atoms with van der Waals surface area (Å²) >= 11 is 0. The van der Waals surface area contributed by atoms with E-state index in [0.29, 0.717) is 31.1 Å². The fourth-order valence-electron chi connectivity index (χ4n) is 5.55. The van der Waals surface area contributed by atoms with E-state index in [1.807, 2.05) is 54.3 Å². The quantitative estimate of drug-likeness (QED) is 0.582. The summed E-state index contributed by atoms with van der Waals surface area (Å²) in [5, 5.41) is 11.5. The third-order valence-corrected chi connectivity index (χ3v) is 7.21. The molecule has 0 spiro atoms. The normalized spacial score (nSPS) is 24.5. The molecule has 0 aromatic heterocycles. The molecule has 0 unspecified atom stereocenters. The summed E-state index contributed by atoms with van der Waals surface area (Å²) in [7, 11) is 3.19. The van der Waals surface area contributed by atoms with Crippen molar-refractivity contribution in [1.82, 2.24) is 4.90 Å². The molecule has 4 rings (SSSR count). The van der Waals surface area contributed by atoms with Crippen LogP contribution in [-0.4, -0.2) is 48.9 Å². The van der Waals surface area contributed by atoms with E-state index in [1.165, 1.54) is 0 Å². The summed E-state index contributed by atoms with van der Waals surface area (Å²) in [6.07, 6.45) is 7.78. The van der Waals surface area contributed by atoms with Crippen LogP contribution < -0.4 is 14.2 Å². The van der Waals surface area contributed by atoms with E-state index >= 15 is 0 Å². The first kappa shape index (κ1) is 24.1. The lowest BCUT2D eigenvalue weighted by Crippen LogP contribution is -2.56. The van der Waals surface area contributed by atoms with Crippen molar-refractivity contribution >= 4 is 12.0 Å². The SMILES string of the molecule is CCOc1ccccc1[C@H]1[C@@H]2CCCC[C@]2(O)CCN1C(=O)C=Cc1ccc(OC)c(OC)c1. The van der Waals surface area contributed by atoms with Crippen LogP contribution in [0.3, 0.4) is 0 Å². The molecule has 2 fully saturated rings. The van der Waals surface area contributed by atoms with Gasteiger partial charge in [-0.3, -0.25) is 4.79 Å². The molecule has 1 aliphatic heterocycles. The number of carbonyl (C=O) groups is 1. The van der Waals surface area contributed by atoms with Crippen LogP contribution >= 0.6 is 0 Å². The van der Waals surface area contributed by atoms with E-state index in [1.54, 1.807) is 26.4 Å². The molecule has 1 aliphatic carbocycles. The zero-order chi connectivity index (χ0) is 24.1. The van der Waals surface area contributed by atoms with Crippen LogP contribution in [0.1, 0.15) is 56.2 Å². The predicted octanol–water partition coefficient (Wildman–Crippen LogP) is 5.01. The van der Waals surface area contributed by atoms with E-state index < -0.39 is 5.60 Å². The van der Waals surface area contributed by atoms with Gasteiger partial charge in [-0.2, -0.15) is 0 Å². The van der Waals surface area contributed by atoms with Crippen molar-refractivity contribution in [3.05, 3.63) is 59.7 Å². The Morgan fingerprint density at radius 3 is 2.65 bits per heavy atom. The summed E-state index contributed by atoms with van der Waals surface area (Å²) in [4.78, 5) is 15.5. The van der Waals surface area contributed by atoms with Gasteiger partial charge in [0.05, 0.1) is 32.5 Å². The standard InChI is InChI=1S/C28H35NO5/c1-4-34-23-11-6-5-9-21(23)27-22-10-7-8-16-28(22,31)17-18-29(27)26(30)15-13-20-12-14-24(32-2)25(19-20)33-3/h5-6,9,11-15,19,22,27,31H,4,7-8,10,16-18H2,1-3H3/t22-,27-,28-/m0/s1. The molecule has 2 aromatic carbocycles. The summed E-state index contributed by atoms with van der Waals surface area (Å²) in [6.45, 7) is 3.02. The van der Waals surface area contributed by atoms with E-state index in [9.17, 15) is 9.90 Å². The number of para-hydroxylation sites is 1. The maximum absolute atomic E-state index is 13.5.